The average Bonchev–Trinajstić information content (AvgIpc) is 2.05. The van der Waals surface area contributed by atoms with Gasteiger partial charge in [-0.05, 0) is 19.8 Å². The van der Waals surface area contributed by atoms with E-state index < -0.39 is 0 Å². The molecule has 0 aliphatic carbocycles. The zero-order chi connectivity index (χ0) is 10.3. The molecule has 0 aromatic heterocycles. The van der Waals surface area contributed by atoms with Gasteiger partial charge in [0, 0.05) is 25.2 Å². The third-order valence-electron chi connectivity index (χ3n) is 1.95. The molecule has 0 saturated heterocycles. The standard InChI is InChI=1S/C11H19O2/c1-4-6-10(12)8-9(3)11(13)7-5-2/h9H,3-8H2,1-2H3. The molecule has 0 aromatic rings. The molecule has 0 saturated carbocycles. The highest BCUT2D eigenvalue weighted by molar-refractivity contribution is 5.88. The second kappa shape index (κ2) is 6.81. The first-order valence-corrected chi connectivity index (χ1v) is 4.99. The lowest BCUT2D eigenvalue weighted by Crippen LogP contribution is -2.15. The van der Waals surface area contributed by atoms with Gasteiger partial charge >= 0.3 is 0 Å². The van der Waals surface area contributed by atoms with E-state index >= 15 is 0 Å². The monoisotopic (exact) mass is 183 g/mol. The summed E-state index contributed by atoms with van der Waals surface area (Å²) in [5.74, 6) is -0.0436. The summed E-state index contributed by atoms with van der Waals surface area (Å²) in [7, 11) is 0. The molecule has 0 spiro atoms. The maximum absolute atomic E-state index is 11.3. The Hall–Kier alpha value is -0.660. The summed E-state index contributed by atoms with van der Waals surface area (Å²) < 4.78 is 0. The molecule has 0 fully saturated rings. The van der Waals surface area contributed by atoms with E-state index in [-0.39, 0.29) is 17.5 Å². The van der Waals surface area contributed by atoms with E-state index in [1.165, 1.54) is 0 Å². The lowest BCUT2D eigenvalue weighted by atomic mass is 9.95. The molecule has 1 atom stereocenters. The Morgan fingerprint density at radius 1 is 1.15 bits per heavy atom. The molecule has 0 aliphatic heterocycles. The van der Waals surface area contributed by atoms with Gasteiger partial charge in [-0.25, -0.2) is 0 Å². The van der Waals surface area contributed by atoms with Crippen molar-refractivity contribution in [2.45, 2.75) is 46.0 Å². The maximum Gasteiger partial charge on any atom is 0.136 e. The summed E-state index contributed by atoms with van der Waals surface area (Å²) in [5.41, 5.74) is 0. The quantitative estimate of drug-likeness (QED) is 0.608. The van der Waals surface area contributed by atoms with Crippen molar-refractivity contribution in [1.82, 2.24) is 0 Å². The Morgan fingerprint density at radius 3 is 2.15 bits per heavy atom. The van der Waals surface area contributed by atoms with Crippen molar-refractivity contribution in [1.29, 1.82) is 0 Å². The first-order valence-electron chi connectivity index (χ1n) is 4.99. The highest BCUT2D eigenvalue weighted by atomic mass is 16.1. The number of rotatable bonds is 7. The molecule has 0 rings (SSSR count). The second-order valence-electron chi connectivity index (χ2n) is 3.41. The van der Waals surface area contributed by atoms with Gasteiger partial charge in [-0.2, -0.15) is 0 Å². The Kier molecular flexibility index (Phi) is 6.47. The van der Waals surface area contributed by atoms with Crippen molar-refractivity contribution < 1.29 is 9.59 Å². The Bertz CT molecular complexity index is 173. The van der Waals surface area contributed by atoms with Crippen LogP contribution in [0.25, 0.3) is 0 Å². The molecule has 0 bridgehead atoms. The molecule has 0 amide bonds. The van der Waals surface area contributed by atoms with E-state index in [4.69, 9.17) is 0 Å². The first kappa shape index (κ1) is 12.3. The van der Waals surface area contributed by atoms with Crippen LogP contribution in [0, 0.1) is 12.8 Å². The molecule has 0 aliphatic rings. The van der Waals surface area contributed by atoms with Crippen molar-refractivity contribution >= 4 is 11.6 Å². The van der Waals surface area contributed by atoms with E-state index in [1.807, 2.05) is 13.8 Å². The zero-order valence-electron chi connectivity index (χ0n) is 8.64. The number of carbonyl (C=O) groups excluding carboxylic acids is 2. The molecule has 0 heterocycles. The Labute approximate surface area is 80.7 Å². The molecule has 2 heteroatoms. The molecule has 13 heavy (non-hydrogen) atoms. The van der Waals surface area contributed by atoms with Crippen LogP contribution in [0.15, 0.2) is 0 Å². The summed E-state index contributed by atoms with van der Waals surface area (Å²) in [6.07, 6.45) is 3.14. The van der Waals surface area contributed by atoms with E-state index in [9.17, 15) is 9.59 Å². The van der Waals surface area contributed by atoms with Crippen LogP contribution in [0.4, 0.5) is 0 Å². The van der Waals surface area contributed by atoms with Crippen LogP contribution in [-0.4, -0.2) is 11.6 Å². The Balaban J connectivity index is 3.78. The van der Waals surface area contributed by atoms with Gasteiger partial charge in [0.15, 0.2) is 0 Å². The minimum Gasteiger partial charge on any atom is -0.300 e. The number of Topliss-reactive ketones (excluding diaryl/α,β-unsaturated/α-hetero) is 2. The lowest BCUT2D eigenvalue weighted by molar-refractivity contribution is -0.126. The fraction of sp³-hybridized carbons (Fsp3) is 0.727. The van der Waals surface area contributed by atoms with Gasteiger partial charge in [0.05, 0.1) is 0 Å². The SMILES string of the molecule is [CH2]C(CC(=O)CCC)C(=O)CCC. The van der Waals surface area contributed by atoms with Crippen LogP contribution in [0.5, 0.6) is 0 Å². The highest BCUT2D eigenvalue weighted by Gasteiger charge is 2.15. The molecule has 2 nitrogen and oxygen atoms in total. The van der Waals surface area contributed by atoms with Crippen LogP contribution < -0.4 is 0 Å². The van der Waals surface area contributed by atoms with Crippen LogP contribution in [-0.2, 0) is 9.59 Å². The minimum absolute atomic E-state index is 0.118. The largest absolute Gasteiger partial charge is 0.300 e. The van der Waals surface area contributed by atoms with Gasteiger partial charge in [-0.15, -0.1) is 0 Å². The maximum atomic E-state index is 11.3. The summed E-state index contributed by atoms with van der Waals surface area (Å²) in [5, 5.41) is 0. The van der Waals surface area contributed by atoms with E-state index in [0.717, 1.165) is 12.8 Å². The molecule has 1 radical (unpaired) electrons. The summed E-state index contributed by atoms with van der Waals surface area (Å²) in [4.78, 5) is 22.4. The fourth-order valence-corrected chi connectivity index (χ4v) is 1.22. The summed E-state index contributed by atoms with van der Waals surface area (Å²) in [6.45, 7) is 7.63. The molecular formula is C11H19O2. The van der Waals surface area contributed by atoms with Crippen molar-refractivity contribution in [3.05, 3.63) is 6.92 Å². The van der Waals surface area contributed by atoms with Crippen LogP contribution >= 0.6 is 0 Å². The van der Waals surface area contributed by atoms with E-state index in [1.54, 1.807) is 0 Å². The van der Waals surface area contributed by atoms with Crippen molar-refractivity contribution in [3.8, 4) is 0 Å². The van der Waals surface area contributed by atoms with Crippen LogP contribution in [0.2, 0.25) is 0 Å². The van der Waals surface area contributed by atoms with Crippen molar-refractivity contribution in [3.63, 3.8) is 0 Å². The van der Waals surface area contributed by atoms with Gasteiger partial charge in [0.25, 0.3) is 0 Å². The molecule has 1 unspecified atom stereocenters. The average molecular weight is 183 g/mol. The van der Waals surface area contributed by atoms with Gasteiger partial charge in [0.1, 0.15) is 11.6 Å². The van der Waals surface area contributed by atoms with Gasteiger partial charge < -0.3 is 0 Å². The minimum atomic E-state index is -0.320. The normalized spacial score (nSPS) is 12.5. The molecule has 0 N–H and O–H groups in total. The number of hydrogen-bond donors (Lipinski definition) is 0. The molecule has 75 valence electrons. The predicted octanol–water partition coefficient (Wildman–Crippen LogP) is 2.57. The van der Waals surface area contributed by atoms with E-state index in [0.29, 0.717) is 19.3 Å². The topological polar surface area (TPSA) is 34.1 Å². The number of ketones is 2. The fourth-order valence-electron chi connectivity index (χ4n) is 1.22. The summed E-state index contributed by atoms with van der Waals surface area (Å²) >= 11 is 0. The van der Waals surface area contributed by atoms with Crippen LogP contribution in [0.3, 0.4) is 0 Å². The Morgan fingerprint density at radius 2 is 1.69 bits per heavy atom. The number of carbonyl (C=O) groups is 2. The van der Waals surface area contributed by atoms with Gasteiger partial charge in [-0.3, -0.25) is 9.59 Å². The van der Waals surface area contributed by atoms with Crippen molar-refractivity contribution in [2.24, 2.45) is 5.92 Å². The van der Waals surface area contributed by atoms with Crippen LogP contribution in [0.1, 0.15) is 46.0 Å². The smallest absolute Gasteiger partial charge is 0.136 e. The van der Waals surface area contributed by atoms with Crippen molar-refractivity contribution in [2.75, 3.05) is 0 Å². The van der Waals surface area contributed by atoms with Gasteiger partial charge in [0.2, 0.25) is 0 Å². The zero-order valence-corrected chi connectivity index (χ0v) is 8.64. The third kappa shape index (κ3) is 5.56. The summed E-state index contributed by atoms with van der Waals surface area (Å²) in [6, 6.07) is 0. The van der Waals surface area contributed by atoms with Gasteiger partial charge in [-0.1, -0.05) is 13.8 Å². The third-order valence-corrected chi connectivity index (χ3v) is 1.95. The second-order valence-corrected chi connectivity index (χ2v) is 3.41. The van der Waals surface area contributed by atoms with E-state index in [2.05, 4.69) is 6.92 Å². The molecular weight excluding hydrogens is 164 g/mol. The predicted molar refractivity (Wildman–Crippen MR) is 53.3 cm³/mol. The number of hydrogen-bond acceptors (Lipinski definition) is 2. The lowest BCUT2D eigenvalue weighted by Gasteiger charge is -2.07. The molecule has 0 aromatic carbocycles. The first-order chi connectivity index (χ1) is 6.11. The highest BCUT2D eigenvalue weighted by Crippen LogP contribution is 2.09.